The lowest BCUT2D eigenvalue weighted by molar-refractivity contribution is -0.121. The lowest BCUT2D eigenvalue weighted by Crippen LogP contribution is -2.49. The summed E-state index contributed by atoms with van der Waals surface area (Å²) in [5.41, 5.74) is 0. The van der Waals surface area contributed by atoms with E-state index in [1.54, 1.807) is 4.90 Å². The summed E-state index contributed by atoms with van der Waals surface area (Å²) >= 11 is 0. The summed E-state index contributed by atoms with van der Waals surface area (Å²) in [4.78, 5) is 23.8. The van der Waals surface area contributed by atoms with Crippen molar-refractivity contribution in [2.75, 3.05) is 13.1 Å². The Balaban J connectivity index is 1.77. The third kappa shape index (κ3) is 2.20. The second-order valence-corrected chi connectivity index (χ2v) is 3.82. The molecule has 0 radical (unpaired) electrons. The zero-order valence-electron chi connectivity index (χ0n) is 7.58. The van der Waals surface area contributed by atoms with Gasteiger partial charge in [-0.2, -0.15) is 0 Å². The predicted molar refractivity (Wildman–Crippen MR) is 47.1 cm³/mol. The fourth-order valence-corrected chi connectivity index (χ4v) is 1.56. The summed E-state index contributed by atoms with van der Waals surface area (Å²) < 4.78 is 0. The number of imide groups is 1. The highest BCUT2D eigenvalue weighted by Crippen LogP contribution is 2.32. The molecule has 0 aromatic rings. The zero-order valence-corrected chi connectivity index (χ0v) is 7.58. The monoisotopic (exact) mass is 182 g/mol. The molecule has 1 aliphatic carbocycles. The first-order valence-corrected chi connectivity index (χ1v) is 4.84. The van der Waals surface area contributed by atoms with Gasteiger partial charge in [-0.1, -0.05) is 12.8 Å². The summed E-state index contributed by atoms with van der Waals surface area (Å²) in [6.07, 6.45) is 4.18. The van der Waals surface area contributed by atoms with E-state index in [0.717, 1.165) is 18.9 Å². The van der Waals surface area contributed by atoms with Crippen LogP contribution in [0.3, 0.4) is 0 Å². The molecular weight excluding hydrogens is 168 g/mol. The number of carbonyl (C=O) groups excluding carboxylic acids is 2. The molecule has 1 heterocycles. The van der Waals surface area contributed by atoms with Gasteiger partial charge in [-0.3, -0.25) is 10.1 Å². The van der Waals surface area contributed by atoms with Gasteiger partial charge in [0.1, 0.15) is 0 Å². The predicted octanol–water partition coefficient (Wildman–Crippen LogP) is 0.728. The number of rotatable bonds is 3. The van der Waals surface area contributed by atoms with Crippen LogP contribution in [0.4, 0.5) is 4.79 Å². The van der Waals surface area contributed by atoms with E-state index in [1.165, 1.54) is 12.8 Å². The highest BCUT2D eigenvalue weighted by atomic mass is 16.2. The molecule has 1 saturated carbocycles. The van der Waals surface area contributed by atoms with E-state index in [1.807, 2.05) is 0 Å². The molecule has 72 valence electrons. The molecule has 2 rings (SSSR count). The maximum Gasteiger partial charge on any atom is 0.324 e. The molecule has 2 fully saturated rings. The van der Waals surface area contributed by atoms with Crippen LogP contribution in [0.5, 0.6) is 0 Å². The van der Waals surface area contributed by atoms with Crippen LogP contribution in [0.1, 0.15) is 25.7 Å². The SMILES string of the molecule is O=C1CCN(CCC2CC2)C(=O)N1. The first-order valence-electron chi connectivity index (χ1n) is 4.84. The van der Waals surface area contributed by atoms with E-state index in [0.29, 0.717) is 13.0 Å². The number of hydrogen-bond donors (Lipinski definition) is 1. The third-order valence-corrected chi connectivity index (χ3v) is 2.65. The van der Waals surface area contributed by atoms with Gasteiger partial charge in [-0.05, 0) is 12.3 Å². The number of carbonyl (C=O) groups is 2. The van der Waals surface area contributed by atoms with Crippen LogP contribution in [0.2, 0.25) is 0 Å². The Kier molecular flexibility index (Phi) is 2.20. The minimum Gasteiger partial charge on any atom is -0.324 e. The maximum atomic E-state index is 11.2. The Bertz CT molecular complexity index is 236. The molecule has 13 heavy (non-hydrogen) atoms. The smallest absolute Gasteiger partial charge is 0.324 e. The second kappa shape index (κ2) is 3.36. The van der Waals surface area contributed by atoms with Crippen molar-refractivity contribution in [2.45, 2.75) is 25.7 Å². The van der Waals surface area contributed by atoms with Crippen LogP contribution < -0.4 is 5.32 Å². The summed E-state index contributed by atoms with van der Waals surface area (Å²) in [7, 11) is 0. The van der Waals surface area contributed by atoms with Gasteiger partial charge in [0.25, 0.3) is 0 Å². The van der Waals surface area contributed by atoms with Crippen molar-refractivity contribution in [3.63, 3.8) is 0 Å². The molecule has 1 saturated heterocycles. The Labute approximate surface area is 77.3 Å². The van der Waals surface area contributed by atoms with E-state index < -0.39 is 0 Å². The first kappa shape index (κ1) is 8.53. The Morgan fingerprint density at radius 2 is 2.15 bits per heavy atom. The molecule has 1 N–H and O–H groups in total. The van der Waals surface area contributed by atoms with Gasteiger partial charge in [-0.25, -0.2) is 4.79 Å². The van der Waals surface area contributed by atoms with Gasteiger partial charge in [0.05, 0.1) is 0 Å². The van der Waals surface area contributed by atoms with Crippen molar-refractivity contribution in [3.8, 4) is 0 Å². The van der Waals surface area contributed by atoms with E-state index >= 15 is 0 Å². The van der Waals surface area contributed by atoms with Crippen molar-refractivity contribution >= 4 is 11.9 Å². The van der Waals surface area contributed by atoms with Crippen molar-refractivity contribution in [1.82, 2.24) is 10.2 Å². The van der Waals surface area contributed by atoms with Gasteiger partial charge in [0.15, 0.2) is 0 Å². The van der Waals surface area contributed by atoms with Crippen LogP contribution in [0, 0.1) is 5.92 Å². The minimum absolute atomic E-state index is 0.146. The van der Waals surface area contributed by atoms with E-state index in [4.69, 9.17) is 0 Å². The molecule has 0 aromatic heterocycles. The van der Waals surface area contributed by atoms with Crippen LogP contribution in [-0.2, 0) is 4.79 Å². The molecule has 0 aromatic carbocycles. The van der Waals surface area contributed by atoms with Gasteiger partial charge < -0.3 is 4.90 Å². The molecule has 4 nitrogen and oxygen atoms in total. The quantitative estimate of drug-likeness (QED) is 0.699. The number of hydrogen-bond acceptors (Lipinski definition) is 2. The van der Waals surface area contributed by atoms with Crippen molar-refractivity contribution < 1.29 is 9.59 Å². The lowest BCUT2D eigenvalue weighted by Gasteiger charge is -2.26. The van der Waals surface area contributed by atoms with Gasteiger partial charge >= 0.3 is 6.03 Å². The molecule has 0 atom stereocenters. The van der Waals surface area contributed by atoms with Crippen molar-refractivity contribution in [3.05, 3.63) is 0 Å². The molecular formula is C9H14N2O2. The van der Waals surface area contributed by atoms with E-state index in [-0.39, 0.29) is 11.9 Å². The van der Waals surface area contributed by atoms with Crippen molar-refractivity contribution in [1.29, 1.82) is 0 Å². The van der Waals surface area contributed by atoms with Crippen LogP contribution in [0.15, 0.2) is 0 Å². The van der Waals surface area contributed by atoms with Gasteiger partial charge in [0.2, 0.25) is 5.91 Å². The standard InChI is InChI=1S/C9H14N2O2/c12-8-4-6-11(9(13)10-8)5-3-7-1-2-7/h7H,1-6H2,(H,10,12,13). The highest BCUT2D eigenvalue weighted by Gasteiger charge is 2.26. The molecule has 0 spiro atoms. The summed E-state index contributed by atoms with van der Waals surface area (Å²) in [6, 6.07) is -0.211. The average Bonchev–Trinajstić information content (AvgIpc) is 2.86. The Morgan fingerprint density at radius 1 is 1.38 bits per heavy atom. The zero-order chi connectivity index (χ0) is 9.26. The van der Waals surface area contributed by atoms with E-state index in [2.05, 4.69) is 5.32 Å². The summed E-state index contributed by atoms with van der Waals surface area (Å²) in [5.74, 6) is 0.693. The summed E-state index contributed by atoms with van der Waals surface area (Å²) in [5, 5.41) is 2.32. The number of amides is 3. The molecule has 0 unspecified atom stereocenters. The van der Waals surface area contributed by atoms with Gasteiger partial charge in [-0.15, -0.1) is 0 Å². The second-order valence-electron chi connectivity index (χ2n) is 3.82. The van der Waals surface area contributed by atoms with Crippen LogP contribution >= 0.6 is 0 Å². The maximum absolute atomic E-state index is 11.2. The molecule has 2 aliphatic rings. The van der Waals surface area contributed by atoms with Crippen molar-refractivity contribution in [2.24, 2.45) is 5.92 Å². The number of nitrogens with one attached hydrogen (secondary N) is 1. The van der Waals surface area contributed by atoms with Crippen LogP contribution in [0.25, 0.3) is 0 Å². The normalized spacial score (nSPS) is 23.2. The Hall–Kier alpha value is -1.06. The van der Waals surface area contributed by atoms with Crippen LogP contribution in [-0.4, -0.2) is 29.9 Å². The third-order valence-electron chi connectivity index (χ3n) is 2.65. The topological polar surface area (TPSA) is 49.4 Å². The molecule has 0 bridgehead atoms. The minimum atomic E-state index is -0.211. The number of nitrogens with zero attached hydrogens (tertiary/aromatic N) is 1. The Morgan fingerprint density at radius 3 is 2.77 bits per heavy atom. The largest absolute Gasteiger partial charge is 0.324 e. The molecule has 1 aliphatic heterocycles. The molecule has 3 amide bonds. The summed E-state index contributed by atoms with van der Waals surface area (Å²) in [6.45, 7) is 1.40. The van der Waals surface area contributed by atoms with Gasteiger partial charge in [0, 0.05) is 19.5 Å². The fourth-order valence-electron chi connectivity index (χ4n) is 1.56. The highest BCUT2D eigenvalue weighted by molar-refractivity contribution is 5.96. The fraction of sp³-hybridized carbons (Fsp3) is 0.778. The molecule has 4 heteroatoms. The average molecular weight is 182 g/mol. The van der Waals surface area contributed by atoms with E-state index in [9.17, 15) is 9.59 Å². The number of urea groups is 1. The lowest BCUT2D eigenvalue weighted by atomic mass is 10.2. The first-order chi connectivity index (χ1) is 6.25.